The van der Waals surface area contributed by atoms with Gasteiger partial charge >= 0.3 is 0 Å². The van der Waals surface area contributed by atoms with E-state index >= 15 is 0 Å². The van der Waals surface area contributed by atoms with Crippen LogP contribution in [0.4, 0.5) is 11.4 Å². The number of fused-ring (bicyclic) bond motifs is 3. The molecule has 5 nitrogen and oxygen atoms in total. The maximum atomic E-state index is 13.2. The lowest BCUT2D eigenvalue weighted by Crippen LogP contribution is -2.36. The Morgan fingerprint density at radius 1 is 0.829 bits per heavy atom. The predicted octanol–water partition coefficient (Wildman–Crippen LogP) is 5.36. The number of carbonyl (C=O) groups is 2. The van der Waals surface area contributed by atoms with Crippen LogP contribution in [0.25, 0.3) is 0 Å². The fourth-order valence-corrected chi connectivity index (χ4v) is 5.91. The molecule has 2 N–H and O–H groups in total. The Kier molecular flexibility index (Phi) is 7.62. The van der Waals surface area contributed by atoms with Crippen LogP contribution in [0.5, 0.6) is 0 Å². The minimum absolute atomic E-state index is 0.0662. The number of nitrogens with one attached hydrogen (secondary N) is 2. The topological polar surface area (TPSA) is 61.4 Å². The lowest BCUT2D eigenvalue weighted by Gasteiger charge is -2.31. The number of benzene rings is 3. The molecule has 1 atom stereocenters. The number of carbonyl (C=O) groups excluding carboxylic acids is 2. The Hall–Kier alpha value is -2.93. The third kappa shape index (κ3) is 5.35. The molecule has 3 aromatic carbocycles. The van der Waals surface area contributed by atoms with Crippen molar-refractivity contribution in [3.63, 3.8) is 0 Å². The molecule has 0 spiro atoms. The fourth-order valence-electron chi connectivity index (χ4n) is 4.86. The number of ketones is 1. The van der Waals surface area contributed by atoms with Crippen LogP contribution in [-0.2, 0) is 11.2 Å². The van der Waals surface area contributed by atoms with Crippen molar-refractivity contribution < 1.29 is 9.59 Å². The molecule has 1 aliphatic heterocycles. The van der Waals surface area contributed by atoms with E-state index in [0.717, 1.165) is 77.5 Å². The molecule has 1 aliphatic carbocycles. The first kappa shape index (κ1) is 23.8. The average molecular weight is 486 g/mol. The third-order valence-corrected chi connectivity index (χ3v) is 7.78. The summed E-state index contributed by atoms with van der Waals surface area (Å²) in [6.45, 7) is 2.00. The molecule has 3 aromatic rings. The number of hydrogen-bond acceptors (Lipinski definition) is 5. The Morgan fingerprint density at radius 2 is 1.46 bits per heavy atom. The van der Waals surface area contributed by atoms with E-state index in [1.54, 1.807) is 11.8 Å². The van der Waals surface area contributed by atoms with E-state index in [4.69, 9.17) is 0 Å². The molecule has 0 aromatic heterocycles. The second kappa shape index (κ2) is 11.2. The number of nitrogens with zero attached hydrogens (tertiary/aromatic N) is 1. The summed E-state index contributed by atoms with van der Waals surface area (Å²) in [5.41, 5.74) is 3.95. The minimum atomic E-state index is -0.0662. The van der Waals surface area contributed by atoms with Gasteiger partial charge in [-0.05, 0) is 62.2 Å². The largest absolute Gasteiger partial charge is 0.308 e. The van der Waals surface area contributed by atoms with Gasteiger partial charge in [-0.15, -0.1) is 0 Å². The maximum Gasteiger partial charge on any atom is 0.245 e. The van der Waals surface area contributed by atoms with Gasteiger partial charge in [0, 0.05) is 15.4 Å². The number of amides is 1. The smallest absolute Gasteiger partial charge is 0.245 e. The van der Waals surface area contributed by atoms with Crippen molar-refractivity contribution in [3.8, 4) is 0 Å². The second-order valence-corrected chi connectivity index (χ2v) is 10.2. The van der Waals surface area contributed by atoms with Crippen molar-refractivity contribution in [3.05, 3.63) is 83.9 Å². The highest BCUT2D eigenvalue weighted by atomic mass is 32.2. The van der Waals surface area contributed by atoms with E-state index in [-0.39, 0.29) is 17.7 Å². The first-order valence-electron chi connectivity index (χ1n) is 12.5. The number of unbranched alkanes of at least 4 members (excludes halogenated alkanes) is 3. The lowest BCUT2D eigenvalue weighted by molar-refractivity contribution is -0.117. The summed E-state index contributed by atoms with van der Waals surface area (Å²) in [7, 11) is 0. The summed E-state index contributed by atoms with van der Waals surface area (Å²) in [5.74, 6) is 0.295. The molecule has 35 heavy (non-hydrogen) atoms. The minimum Gasteiger partial charge on any atom is -0.308 e. The van der Waals surface area contributed by atoms with Gasteiger partial charge in [-0.2, -0.15) is 0 Å². The summed E-state index contributed by atoms with van der Waals surface area (Å²) in [6.07, 6.45) is 5.11. The van der Waals surface area contributed by atoms with Crippen LogP contribution in [0.2, 0.25) is 0 Å². The number of hydrogen-bond donors (Lipinski definition) is 2. The molecular weight excluding hydrogens is 454 g/mol. The quantitative estimate of drug-likeness (QED) is 0.379. The predicted molar refractivity (Wildman–Crippen MR) is 142 cm³/mol. The SMILES string of the molecule is O=C1c2ccccc2CC1NCCCCCCNCC(=O)N1c2ccccc2Sc2ccccc21. The average Bonchev–Trinajstić information content (AvgIpc) is 3.21. The van der Waals surface area contributed by atoms with E-state index in [0.29, 0.717) is 6.54 Å². The highest BCUT2D eigenvalue weighted by molar-refractivity contribution is 7.99. The number of Topliss-reactive ketones (excluding diaryl/α,β-unsaturated/α-hetero) is 1. The van der Waals surface area contributed by atoms with Crippen molar-refractivity contribution in [1.82, 2.24) is 10.6 Å². The summed E-state index contributed by atoms with van der Waals surface area (Å²) >= 11 is 1.71. The molecule has 0 saturated carbocycles. The zero-order chi connectivity index (χ0) is 24.0. The molecule has 6 heteroatoms. The standard InChI is InChI=1S/C29H31N3O2S/c33-28(32-24-13-5-7-15-26(24)35-27-16-8-6-14-25(27)32)20-30-17-9-1-2-10-18-31-23-19-21-11-3-4-12-22(21)29(23)34/h3-8,11-16,23,30-31H,1-2,9-10,17-20H2. The van der Waals surface area contributed by atoms with Gasteiger partial charge in [0.2, 0.25) is 5.91 Å². The monoisotopic (exact) mass is 485 g/mol. The van der Waals surface area contributed by atoms with Crippen LogP contribution in [0.15, 0.2) is 82.6 Å². The normalized spacial score (nSPS) is 16.1. The molecule has 2 aliphatic rings. The van der Waals surface area contributed by atoms with E-state index in [9.17, 15) is 9.59 Å². The molecule has 0 bridgehead atoms. The third-order valence-electron chi connectivity index (χ3n) is 6.65. The molecule has 1 amide bonds. The van der Waals surface area contributed by atoms with Crippen LogP contribution in [0.1, 0.15) is 41.6 Å². The van der Waals surface area contributed by atoms with E-state index < -0.39 is 0 Å². The van der Waals surface area contributed by atoms with Crippen molar-refractivity contribution in [2.24, 2.45) is 0 Å². The van der Waals surface area contributed by atoms with Crippen molar-refractivity contribution in [2.75, 3.05) is 24.5 Å². The molecule has 0 fully saturated rings. The zero-order valence-corrected chi connectivity index (χ0v) is 20.7. The van der Waals surface area contributed by atoms with Gasteiger partial charge in [0.25, 0.3) is 0 Å². The number of anilines is 2. The van der Waals surface area contributed by atoms with Crippen molar-refractivity contribution >= 4 is 34.8 Å². The molecule has 1 heterocycles. The lowest BCUT2D eigenvalue weighted by atomic mass is 10.1. The number of para-hydroxylation sites is 2. The Balaban J connectivity index is 1.00. The first-order valence-corrected chi connectivity index (χ1v) is 13.3. The van der Waals surface area contributed by atoms with Gasteiger partial charge in [0.05, 0.1) is 24.0 Å². The summed E-state index contributed by atoms with van der Waals surface area (Å²) in [4.78, 5) is 29.7. The molecule has 1 unspecified atom stereocenters. The van der Waals surface area contributed by atoms with Gasteiger partial charge in [-0.1, -0.05) is 73.1 Å². The highest BCUT2D eigenvalue weighted by Gasteiger charge is 2.29. The van der Waals surface area contributed by atoms with E-state index in [2.05, 4.69) is 28.8 Å². The van der Waals surface area contributed by atoms with Crippen LogP contribution < -0.4 is 15.5 Å². The van der Waals surface area contributed by atoms with Gasteiger partial charge < -0.3 is 10.6 Å². The van der Waals surface area contributed by atoms with Gasteiger partial charge in [-0.25, -0.2) is 0 Å². The second-order valence-electron chi connectivity index (χ2n) is 9.09. The van der Waals surface area contributed by atoms with Crippen LogP contribution >= 0.6 is 11.8 Å². The van der Waals surface area contributed by atoms with E-state index in [1.165, 1.54) is 0 Å². The Bertz CT molecular complexity index is 1170. The molecule has 5 rings (SSSR count). The van der Waals surface area contributed by atoms with Gasteiger partial charge in [0.1, 0.15) is 0 Å². The molecule has 0 radical (unpaired) electrons. The van der Waals surface area contributed by atoms with Crippen LogP contribution in [0.3, 0.4) is 0 Å². The zero-order valence-electron chi connectivity index (χ0n) is 19.8. The van der Waals surface area contributed by atoms with Crippen LogP contribution in [-0.4, -0.2) is 37.4 Å². The maximum absolute atomic E-state index is 13.2. The van der Waals surface area contributed by atoms with Crippen LogP contribution in [0, 0.1) is 0 Å². The molecular formula is C29H31N3O2S. The number of rotatable bonds is 10. The Morgan fingerprint density at radius 3 is 2.17 bits per heavy atom. The van der Waals surface area contributed by atoms with Crippen molar-refractivity contribution in [2.45, 2.75) is 47.9 Å². The highest BCUT2D eigenvalue weighted by Crippen LogP contribution is 2.47. The Labute approximate surface area is 211 Å². The van der Waals surface area contributed by atoms with Gasteiger partial charge in [-0.3, -0.25) is 14.5 Å². The summed E-state index contributed by atoms with van der Waals surface area (Å²) in [6, 6.07) is 24.0. The summed E-state index contributed by atoms with van der Waals surface area (Å²) < 4.78 is 0. The first-order chi connectivity index (χ1) is 17.2. The van der Waals surface area contributed by atoms with Gasteiger partial charge in [0.15, 0.2) is 5.78 Å². The fraction of sp³-hybridized carbons (Fsp3) is 0.310. The molecule has 180 valence electrons. The van der Waals surface area contributed by atoms with E-state index in [1.807, 2.05) is 59.5 Å². The molecule has 0 saturated heterocycles. The van der Waals surface area contributed by atoms with Crippen molar-refractivity contribution in [1.29, 1.82) is 0 Å². The summed E-state index contributed by atoms with van der Waals surface area (Å²) in [5, 5.41) is 6.77.